The number of likely N-dealkylation sites (tertiary alicyclic amines) is 1. The van der Waals surface area contributed by atoms with Crippen molar-refractivity contribution < 1.29 is 18.8 Å². The molecule has 0 spiro atoms. The summed E-state index contributed by atoms with van der Waals surface area (Å²) in [5.41, 5.74) is 1.27. The van der Waals surface area contributed by atoms with Crippen molar-refractivity contribution >= 4 is 11.9 Å². The van der Waals surface area contributed by atoms with Crippen LogP contribution in [0.25, 0.3) is 11.5 Å². The number of amides is 1. The highest BCUT2D eigenvalue weighted by atomic mass is 16.5. The Kier molecular flexibility index (Phi) is 5.28. The lowest BCUT2D eigenvalue weighted by Crippen LogP contribution is -2.38. The van der Waals surface area contributed by atoms with E-state index < -0.39 is 5.97 Å². The Hall–Kier alpha value is -3.62. The summed E-state index contributed by atoms with van der Waals surface area (Å²) in [6.07, 6.45) is 4.53. The van der Waals surface area contributed by atoms with Gasteiger partial charge >= 0.3 is 5.97 Å². The number of methoxy groups -OCH3 is 1. The average molecular weight is 393 g/mol. The molecule has 29 heavy (non-hydrogen) atoms. The van der Waals surface area contributed by atoms with Gasteiger partial charge in [0.25, 0.3) is 5.91 Å². The molecule has 1 aliphatic rings. The molecule has 0 bridgehead atoms. The second kappa shape index (κ2) is 8.17. The predicted octanol–water partition coefficient (Wildman–Crippen LogP) is 2.33. The largest absolute Gasteiger partial charge is 0.464 e. The zero-order valence-electron chi connectivity index (χ0n) is 15.8. The predicted molar refractivity (Wildman–Crippen MR) is 101 cm³/mol. The summed E-state index contributed by atoms with van der Waals surface area (Å²) in [6, 6.07) is 8.61. The standard InChI is InChI=1S/C20H19N5O4/c1-28-20(27)16-6-5-14(12-22-16)19(26)25-10-7-13(8-11-25)18-23-17(24-29-18)15-4-2-3-9-21-15/h2-6,9,12-13H,7-8,10-11H2,1H3. The fraction of sp³-hybridized carbons (Fsp3) is 0.300. The number of piperidine rings is 1. The number of ether oxygens (including phenoxy) is 1. The van der Waals surface area contributed by atoms with Gasteiger partial charge in [-0.3, -0.25) is 9.78 Å². The van der Waals surface area contributed by atoms with Crippen LogP contribution in [-0.2, 0) is 4.74 Å². The molecule has 1 saturated heterocycles. The first kappa shape index (κ1) is 18.7. The van der Waals surface area contributed by atoms with E-state index in [1.165, 1.54) is 19.4 Å². The van der Waals surface area contributed by atoms with E-state index in [-0.39, 0.29) is 17.5 Å². The molecule has 0 unspecified atom stereocenters. The van der Waals surface area contributed by atoms with Gasteiger partial charge in [-0.05, 0) is 37.1 Å². The van der Waals surface area contributed by atoms with Gasteiger partial charge in [0.1, 0.15) is 11.4 Å². The van der Waals surface area contributed by atoms with Crippen molar-refractivity contribution in [2.75, 3.05) is 20.2 Å². The molecule has 0 radical (unpaired) electrons. The smallest absolute Gasteiger partial charge is 0.356 e. The molecule has 9 heteroatoms. The number of carbonyl (C=O) groups is 2. The monoisotopic (exact) mass is 393 g/mol. The third kappa shape index (κ3) is 3.98. The number of carbonyl (C=O) groups excluding carboxylic acids is 2. The fourth-order valence-corrected chi connectivity index (χ4v) is 3.26. The van der Waals surface area contributed by atoms with Crippen molar-refractivity contribution in [3.63, 3.8) is 0 Å². The molecule has 0 aromatic carbocycles. The number of nitrogens with zero attached hydrogens (tertiary/aromatic N) is 5. The normalized spacial score (nSPS) is 14.6. The van der Waals surface area contributed by atoms with Crippen LogP contribution < -0.4 is 0 Å². The highest BCUT2D eigenvalue weighted by Crippen LogP contribution is 2.28. The molecule has 9 nitrogen and oxygen atoms in total. The first-order chi connectivity index (χ1) is 14.2. The van der Waals surface area contributed by atoms with Gasteiger partial charge in [0.2, 0.25) is 11.7 Å². The van der Waals surface area contributed by atoms with Gasteiger partial charge in [0.05, 0.1) is 12.7 Å². The molecule has 4 rings (SSSR count). The maximum absolute atomic E-state index is 12.7. The van der Waals surface area contributed by atoms with Crippen molar-refractivity contribution in [3.8, 4) is 11.5 Å². The molecule has 0 N–H and O–H groups in total. The number of hydrogen-bond acceptors (Lipinski definition) is 8. The number of hydrogen-bond donors (Lipinski definition) is 0. The Morgan fingerprint density at radius 3 is 2.62 bits per heavy atom. The first-order valence-electron chi connectivity index (χ1n) is 9.24. The molecule has 0 saturated carbocycles. The van der Waals surface area contributed by atoms with Gasteiger partial charge in [-0.2, -0.15) is 4.98 Å². The van der Waals surface area contributed by atoms with Gasteiger partial charge < -0.3 is 14.2 Å². The van der Waals surface area contributed by atoms with Crippen LogP contribution in [0.2, 0.25) is 0 Å². The maximum atomic E-state index is 12.7. The van der Waals surface area contributed by atoms with Gasteiger partial charge in [0.15, 0.2) is 0 Å². The quantitative estimate of drug-likeness (QED) is 0.621. The van der Waals surface area contributed by atoms with E-state index in [9.17, 15) is 9.59 Å². The molecule has 0 aliphatic carbocycles. The number of pyridine rings is 2. The first-order valence-corrected chi connectivity index (χ1v) is 9.24. The average Bonchev–Trinajstić information content (AvgIpc) is 3.29. The third-order valence-electron chi connectivity index (χ3n) is 4.87. The summed E-state index contributed by atoms with van der Waals surface area (Å²) in [5, 5.41) is 4.02. The summed E-state index contributed by atoms with van der Waals surface area (Å²) >= 11 is 0. The Labute approximate surface area is 166 Å². The van der Waals surface area contributed by atoms with Crippen molar-refractivity contribution in [1.29, 1.82) is 0 Å². The topological polar surface area (TPSA) is 111 Å². The molecule has 1 fully saturated rings. The van der Waals surface area contributed by atoms with Gasteiger partial charge in [-0.25, -0.2) is 9.78 Å². The summed E-state index contributed by atoms with van der Waals surface area (Å²) in [4.78, 5) is 38.6. The molecular formula is C20H19N5O4. The number of aromatic nitrogens is 4. The van der Waals surface area contributed by atoms with E-state index in [1.807, 2.05) is 18.2 Å². The second-order valence-corrected chi connectivity index (χ2v) is 6.66. The Morgan fingerprint density at radius 2 is 1.97 bits per heavy atom. The number of rotatable bonds is 4. The van der Waals surface area contributed by atoms with Crippen molar-refractivity contribution in [1.82, 2.24) is 25.0 Å². The second-order valence-electron chi connectivity index (χ2n) is 6.66. The number of esters is 1. The lowest BCUT2D eigenvalue weighted by molar-refractivity contribution is 0.0592. The molecule has 3 aromatic rings. The molecule has 1 amide bonds. The maximum Gasteiger partial charge on any atom is 0.356 e. The van der Waals surface area contributed by atoms with Gasteiger partial charge in [0, 0.05) is 31.4 Å². The van der Waals surface area contributed by atoms with Crippen LogP contribution in [0.5, 0.6) is 0 Å². The zero-order chi connectivity index (χ0) is 20.2. The minimum absolute atomic E-state index is 0.101. The molecule has 1 aliphatic heterocycles. The van der Waals surface area contributed by atoms with E-state index >= 15 is 0 Å². The van der Waals surface area contributed by atoms with Crippen LogP contribution in [0.15, 0.2) is 47.2 Å². The third-order valence-corrected chi connectivity index (χ3v) is 4.87. The molecular weight excluding hydrogens is 374 g/mol. The van der Waals surface area contributed by atoms with Crippen LogP contribution in [0.3, 0.4) is 0 Å². The lowest BCUT2D eigenvalue weighted by atomic mass is 9.96. The van der Waals surface area contributed by atoms with E-state index in [1.54, 1.807) is 17.2 Å². The minimum Gasteiger partial charge on any atom is -0.464 e. The van der Waals surface area contributed by atoms with Gasteiger partial charge in [-0.15, -0.1) is 0 Å². The highest BCUT2D eigenvalue weighted by Gasteiger charge is 2.28. The van der Waals surface area contributed by atoms with E-state index in [2.05, 4.69) is 24.8 Å². The van der Waals surface area contributed by atoms with E-state index in [4.69, 9.17) is 4.52 Å². The van der Waals surface area contributed by atoms with Crippen molar-refractivity contribution in [3.05, 3.63) is 59.9 Å². The SMILES string of the molecule is COC(=O)c1ccc(C(=O)N2CCC(c3nc(-c4ccccn4)no3)CC2)cn1. The van der Waals surface area contributed by atoms with Crippen LogP contribution in [-0.4, -0.2) is 57.1 Å². The Bertz CT molecular complexity index is 995. The van der Waals surface area contributed by atoms with Crippen molar-refractivity contribution in [2.45, 2.75) is 18.8 Å². The van der Waals surface area contributed by atoms with Crippen molar-refractivity contribution in [2.24, 2.45) is 0 Å². The van der Waals surface area contributed by atoms with Crippen LogP contribution in [0.1, 0.15) is 45.5 Å². The highest BCUT2D eigenvalue weighted by molar-refractivity contribution is 5.95. The summed E-state index contributed by atoms with van der Waals surface area (Å²) in [7, 11) is 1.29. The van der Waals surface area contributed by atoms with E-state index in [0.717, 1.165) is 12.8 Å². The minimum atomic E-state index is -0.533. The summed E-state index contributed by atoms with van der Waals surface area (Å²) < 4.78 is 10.0. The Balaban J connectivity index is 1.37. The van der Waals surface area contributed by atoms with Gasteiger partial charge in [-0.1, -0.05) is 11.2 Å². The van der Waals surface area contributed by atoms with Crippen LogP contribution >= 0.6 is 0 Å². The molecule has 148 valence electrons. The van der Waals surface area contributed by atoms with Crippen LogP contribution in [0.4, 0.5) is 0 Å². The van der Waals surface area contributed by atoms with E-state index in [0.29, 0.717) is 36.1 Å². The molecule has 0 atom stereocenters. The van der Waals surface area contributed by atoms with Crippen LogP contribution in [0, 0.1) is 0 Å². The summed E-state index contributed by atoms with van der Waals surface area (Å²) in [6.45, 7) is 1.15. The fourth-order valence-electron chi connectivity index (χ4n) is 3.26. The Morgan fingerprint density at radius 1 is 1.14 bits per heavy atom. The zero-order valence-corrected chi connectivity index (χ0v) is 15.8. The summed E-state index contributed by atoms with van der Waals surface area (Å²) in [5.74, 6) is 0.489. The lowest BCUT2D eigenvalue weighted by Gasteiger charge is -2.30. The molecule has 4 heterocycles. The molecule has 3 aromatic heterocycles.